The first kappa shape index (κ1) is 15.0. The van der Waals surface area contributed by atoms with Crippen molar-refractivity contribution in [3.8, 4) is 11.5 Å². The number of phenolic OH excluding ortho intramolecular Hbond substituents is 2. The molecule has 128 valence electrons. The molecule has 2 unspecified atom stereocenters. The molecule has 3 N–H and O–H groups in total. The number of aromatic hydroxyl groups is 2. The monoisotopic (exact) mass is 343 g/mol. The molecule has 26 heavy (non-hydrogen) atoms. The molecule has 1 aliphatic heterocycles. The maximum atomic E-state index is 13.2. The maximum Gasteiger partial charge on any atom is 0.239 e. The number of carbonyl (C=O) groups excluding carboxylic acids is 1. The second-order valence-electron chi connectivity index (χ2n) is 6.97. The Morgan fingerprint density at radius 2 is 1.65 bits per heavy atom. The molecular formula is C22H17NO3. The number of carbonyl (C=O) groups is 1. The average Bonchev–Trinajstić information content (AvgIpc) is 3.16. The van der Waals surface area contributed by atoms with Crippen molar-refractivity contribution < 1.29 is 15.0 Å². The van der Waals surface area contributed by atoms with Gasteiger partial charge in [-0.15, -0.1) is 0 Å². The maximum absolute atomic E-state index is 13.2. The molecule has 0 aromatic heterocycles. The third-order valence-electron chi connectivity index (χ3n) is 5.73. The van der Waals surface area contributed by atoms with Crippen LogP contribution in [0.15, 0.2) is 66.7 Å². The van der Waals surface area contributed by atoms with E-state index in [4.69, 9.17) is 0 Å². The quantitative estimate of drug-likeness (QED) is 0.464. The van der Waals surface area contributed by atoms with E-state index in [9.17, 15) is 15.0 Å². The summed E-state index contributed by atoms with van der Waals surface area (Å²) >= 11 is 0. The van der Waals surface area contributed by atoms with E-state index in [1.165, 1.54) is 6.07 Å². The molecule has 0 fully saturated rings. The van der Waals surface area contributed by atoms with Gasteiger partial charge in [0.05, 0.1) is 0 Å². The Morgan fingerprint density at radius 1 is 0.923 bits per heavy atom. The van der Waals surface area contributed by atoms with Gasteiger partial charge in [-0.1, -0.05) is 54.6 Å². The molecule has 1 aliphatic carbocycles. The van der Waals surface area contributed by atoms with Crippen LogP contribution in [0.2, 0.25) is 0 Å². The summed E-state index contributed by atoms with van der Waals surface area (Å²) in [6.07, 6.45) is 0.520. The van der Waals surface area contributed by atoms with Gasteiger partial charge >= 0.3 is 0 Å². The van der Waals surface area contributed by atoms with Crippen LogP contribution in [0.1, 0.15) is 34.6 Å². The minimum atomic E-state index is -0.991. The zero-order chi connectivity index (χ0) is 17.9. The minimum Gasteiger partial charge on any atom is -0.504 e. The van der Waals surface area contributed by atoms with Gasteiger partial charge in [-0.05, 0) is 35.2 Å². The fraction of sp³-hybridized carbons (Fsp3) is 0.136. The van der Waals surface area contributed by atoms with Gasteiger partial charge in [-0.3, -0.25) is 4.79 Å². The largest absolute Gasteiger partial charge is 0.504 e. The summed E-state index contributed by atoms with van der Waals surface area (Å²) in [5.74, 6) is -0.533. The topological polar surface area (TPSA) is 69.6 Å². The molecule has 1 heterocycles. The van der Waals surface area contributed by atoms with Crippen LogP contribution in [0, 0.1) is 0 Å². The highest BCUT2D eigenvalue weighted by atomic mass is 16.3. The zero-order valence-corrected chi connectivity index (χ0v) is 13.9. The number of nitrogens with one attached hydrogen (secondary N) is 1. The van der Waals surface area contributed by atoms with Gasteiger partial charge in [-0.25, -0.2) is 0 Å². The third kappa shape index (κ3) is 1.76. The summed E-state index contributed by atoms with van der Waals surface area (Å²) < 4.78 is 0. The smallest absolute Gasteiger partial charge is 0.239 e. The molecule has 2 aliphatic rings. The lowest BCUT2D eigenvalue weighted by Crippen LogP contribution is -2.33. The van der Waals surface area contributed by atoms with Crippen LogP contribution in [0.25, 0.3) is 0 Å². The summed E-state index contributed by atoms with van der Waals surface area (Å²) in [5.41, 5.74) is 3.17. The van der Waals surface area contributed by atoms with Gasteiger partial charge in [0, 0.05) is 17.2 Å². The predicted molar refractivity (Wildman–Crippen MR) is 98.5 cm³/mol. The zero-order valence-electron chi connectivity index (χ0n) is 13.9. The molecule has 0 radical (unpaired) electrons. The van der Waals surface area contributed by atoms with Crippen LogP contribution < -0.4 is 5.32 Å². The lowest BCUT2D eigenvalue weighted by Gasteiger charge is -2.24. The van der Waals surface area contributed by atoms with Gasteiger partial charge in [-0.2, -0.15) is 0 Å². The van der Waals surface area contributed by atoms with Gasteiger partial charge in [0.2, 0.25) is 5.91 Å². The summed E-state index contributed by atoms with van der Waals surface area (Å²) in [6, 6.07) is 21.0. The number of fused-ring (bicyclic) bond motifs is 4. The lowest BCUT2D eigenvalue weighted by molar-refractivity contribution is -0.119. The molecule has 0 saturated carbocycles. The molecular weight excluding hydrogens is 326 g/mol. The highest BCUT2D eigenvalue weighted by molar-refractivity contribution is 6.11. The first-order chi connectivity index (χ1) is 12.6. The molecule has 1 amide bonds. The van der Waals surface area contributed by atoms with Crippen molar-refractivity contribution in [3.05, 3.63) is 89.0 Å². The third-order valence-corrected chi connectivity index (χ3v) is 5.73. The number of rotatable bonds is 1. The Kier molecular flexibility index (Phi) is 2.95. The first-order valence-electron chi connectivity index (χ1n) is 8.64. The number of hydrogen-bond donors (Lipinski definition) is 3. The van der Waals surface area contributed by atoms with E-state index in [-0.39, 0.29) is 23.3 Å². The highest BCUT2D eigenvalue weighted by Gasteiger charge is 2.56. The first-order valence-corrected chi connectivity index (χ1v) is 8.64. The normalized spacial score (nSPS) is 22.9. The van der Waals surface area contributed by atoms with E-state index in [0.29, 0.717) is 17.7 Å². The van der Waals surface area contributed by atoms with Crippen molar-refractivity contribution in [1.82, 2.24) is 0 Å². The van der Waals surface area contributed by atoms with Crippen LogP contribution in [-0.2, 0) is 10.2 Å². The summed E-state index contributed by atoms with van der Waals surface area (Å²) in [4.78, 5) is 13.2. The van der Waals surface area contributed by atoms with E-state index in [1.54, 1.807) is 6.07 Å². The second-order valence-corrected chi connectivity index (χ2v) is 6.97. The Balaban J connectivity index is 1.80. The molecule has 0 bridgehead atoms. The molecule has 2 atom stereocenters. The molecule has 3 aromatic rings. The van der Waals surface area contributed by atoms with E-state index in [1.807, 2.05) is 42.5 Å². The van der Waals surface area contributed by atoms with Crippen molar-refractivity contribution >= 4 is 11.6 Å². The number of benzene rings is 3. The highest BCUT2D eigenvalue weighted by Crippen LogP contribution is 2.59. The van der Waals surface area contributed by atoms with E-state index >= 15 is 0 Å². The number of phenols is 2. The van der Waals surface area contributed by atoms with Gasteiger partial charge in [0.15, 0.2) is 11.5 Å². The fourth-order valence-electron chi connectivity index (χ4n) is 4.61. The molecule has 4 nitrogen and oxygen atoms in total. The van der Waals surface area contributed by atoms with Crippen molar-refractivity contribution in [2.45, 2.75) is 17.8 Å². The Hall–Kier alpha value is -3.27. The summed E-state index contributed by atoms with van der Waals surface area (Å²) in [7, 11) is 0. The molecule has 1 spiro atoms. The minimum absolute atomic E-state index is 0.0471. The van der Waals surface area contributed by atoms with Crippen molar-refractivity contribution in [3.63, 3.8) is 0 Å². The van der Waals surface area contributed by atoms with Crippen molar-refractivity contribution in [2.75, 3.05) is 5.32 Å². The van der Waals surface area contributed by atoms with Gasteiger partial charge in [0.25, 0.3) is 0 Å². The Morgan fingerprint density at radius 3 is 2.46 bits per heavy atom. The molecule has 4 heteroatoms. The SMILES string of the molecule is O=C1Nc2ccc(O)c(O)c2C12CC(c1ccccc1)c1ccccc12. The standard InChI is InChI=1S/C22H17NO3/c24-18-11-10-17-19(20(18)25)22(21(26)23-17)12-15(13-6-2-1-3-7-13)14-8-4-5-9-16(14)22/h1-11,15,24-25H,12H2,(H,23,26). The number of anilines is 1. The van der Waals surface area contributed by atoms with Crippen LogP contribution in [0.4, 0.5) is 5.69 Å². The van der Waals surface area contributed by atoms with Crippen LogP contribution in [0.5, 0.6) is 11.5 Å². The molecule has 3 aromatic carbocycles. The molecule has 0 saturated heterocycles. The lowest BCUT2D eigenvalue weighted by atomic mass is 9.75. The Bertz CT molecular complexity index is 1040. The van der Waals surface area contributed by atoms with Gasteiger partial charge < -0.3 is 15.5 Å². The van der Waals surface area contributed by atoms with Gasteiger partial charge in [0.1, 0.15) is 5.41 Å². The van der Waals surface area contributed by atoms with E-state index in [0.717, 1.165) is 16.7 Å². The van der Waals surface area contributed by atoms with Crippen LogP contribution in [0.3, 0.4) is 0 Å². The Labute approximate surface area is 150 Å². The summed E-state index contributed by atoms with van der Waals surface area (Å²) in [6.45, 7) is 0. The predicted octanol–water partition coefficient (Wildman–Crippen LogP) is 3.87. The fourth-order valence-corrected chi connectivity index (χ4v) is 4.61. The average molecular weight is 343 g/mol. The van der Waals surface area contributed by atoms with Crippen molar-refractivity contribution in [2.24, 2.45) is 0 Å². The van der Waals surface area contributed by atoms with Crippen LogP contribution in [-0.4, -0.2) is 16.1 Å². The second kappa shape index (κ2) is 5.11. The van der Waals surface area contributed by atoms with Crippen molar-refractivity contribution in [1.29, 1.82) is 0 Å². The van der Waals surface area contributed by atoms with Crippen LogP contribution >= 0.6 is 0 Å². The number of amides is 1. The van der Waals surface area contributed by atoms with E-state index < -0.39 is 5.41 Å². The molecule has 5 rings (SSSR count). The summed E-state index contributed by atoms with van der Waals surface area (Å²) in [5, 5.41) is 23.6. The van der Waals surface area contributed by atoms with E-state index in [2.05, 4.69) is 17.4 Å². The number of hydrogen-bond acceptors (Lipinski definition) is 3.